The van der Waals surface area contributed by atoms with Crippen molar-refractivity contribution in [3.63, 3.8) is 0 Å². The number of rotatable bonds is 7. The Balaban J connectivity index is 4.00. The summed E-state index contributed by atoms with van der Waals surface area (Å²) in [6.45, 7) is 0. The highest BCUT2D eigenvalue weighted by atomic mass is 16.5. The topological polar surface area (TPSA) is 93.1 Å². The molecule has 0 radical (unpaired) electrons. The van der Waals surface area contributed by atoms with E-state index in [1.165, 1.54) is 14.2 Å². The first kappa shape index (κ1) is 12.9. The van der Waals surface area contributed by atoms with Crippen molar-refractivity contribution < 1.29 is 29.3 Å². The lowest BCUT2D eigenvalue weighted by Gasteiger charge is -2.13. The van der Waals surface area contributed by atoms with E-state index in [4.69, 9.17) is 10.2 Å². The molecule has 6 nitrogen and oxygen atoms in total. The van der Waals surface area contributed by atoms with E-state index in [1.807, 2.05) is 0 Å². The molecule has 0 rings (SSSR count). The van der Waals surface area contributed by atoms with Crippen LogP contribution in [0.4, 0.5) is 0 Å². The van der Waals surface area contributed by atoms with Gasteiger partial charge < -0.3 is 19.7 Å². The number of hydrogen-bond acceptors (Lipinski definition) is 4. The summed E-state index contributed by atoms with van der Waals surface area (Å²) in [5, 5.41) is 17.2. The first-order chi connectivity index (χ1) is 6.52. The molecule has 0 aromatic rings. The van der Waals surface area contributed by atoms with Gasteiger partial charge >= 0.3 is 11.9 Å². The van der Waals surface area contributed by atoms with Crippen LogP contribution in [0.1, 0.15) is 12.8 Å². The minimum Gasteiger partial charge on any atom is -0.479 e. The van der Waals surface area contributed by atoms with Gasteiger partial charge in [-0.05, 0) is 12.8 Å². The molecular weight excluding hydrogens is 192 g/mol. The van der Waals surface area contributed by atoms with E-state index in [2.05, 4.69) is 9.47 Å². The summed E-state index contributed by atoms with van der Waals surface area (Å²) in [6, 6.07) is 0. The quantitative estimate of drug-likeness (QED) is 0.607. The molecule has 0 saturated carbocycles. The largest absolute Gasteiger partial charge is 0.479 e. The Morgan fingerprint density at radius 3 is 1.43 bits per heavy atom. The van der Waals surface area contributed by atoms with Gasteiger partial charge in [-0.15, -0.1) is 0 Å². The van der Waals surface area contributed by atoms with E-state index in [1.54, 1.807) is 0 Å². The number of aliphatic carboxylic acids is 2. The summed E-state index contributed by atoms with van der Waals surface area (Å²) in [5.74, 6) is -2.21. The van der Waals surface area contributed by atoms with Gasteiger partial charge in [0.1, 0.15) is 0 Å². The van der Waals surface area contributed by atoms with Crippen LogP contribution in [-0.2, 0) is 19.1 Å². The standard InChI is InChI=1S/C8H14O6/c1-13-5(7(9)10)3-4-6(14-2)8(11)12/h5-6H,3-4H2,1-2H3,(H,9,10)(H,11,12)/t5-,6+. The highest BCUT2D eigenvalue weighted by Gasteiger charge is 2.22. The second-order valence-corrected chi connectivity index (χ2v) is 2.70. The third-order valence-corrected chi connectivity index (χ3v) is 1.81. The molecule has 2 N–H and O–H groups in total. The second-order valence-electron chi connectivity index (χ2n) is 2.70. The van der Waals surface area contributed by atoms with Crippen molar-refractivity contribution in [3.05, 3.63) is 0 Å². The van der Waals surface area contributed by atoms with Gasteiger partial charge in [0.25, 0.3) is 0 Å². The summed E-state index contributed by atoms with van der Waals surface area (Å²) in [5.41, 5.74) is 0. The minimum atomic E-state index is -1.10. The molecule has 0 fully saturated rings. The predicted molar refractivity (Wildman–Crippen MR) is 46.1 cm³/mol. The fraction of sp³-hybridized carbons (Fsp3) is 0.750. The van der Waals surface area contributed by atoms with Crippen LogP contribution in [0.15, 0.2) is 0 Å². The van der Waals surface area contributed by atoms with Gasteiger partial charge in [-0.2, -0.15) is 0 Å². The Hall–Kier alpha value is -1.14. The molecule has 0 unspecified atom stereocenters. The molecular formula is C8H14O6. The third-order valence-electron chi connectivity index (χ3n) is 1.81. The summed E-state index contributed by atoms with van der Waals surface area (Å²) < 4.78 is 9.28. The molecule has 0 bridgehead atoms. The first-order valence-corrected chi connectivity index (χ1v) is 4.04. The normalized spacial score (nSPS) is 14.7. The zero-order valence-electron chi connectivity index (χ0n) is 8.10. The number of methoxy groups -OCH3 is 2. The van der Waals surface area contributed by atoms with Crippen LogP contribution in [0.3, 0.4) is 0 Å². The van der Waals surface area contributed by atoms with Crippen molar-refractivity contribution in [2.75, 3.05) is 14.2 Å². The minimum absolute atomic E-state index is 0.108. The molecule has 0 aliphatic heterocycles. The molecule has 0 spiro atoms. The highest BCUT2D eigenvalue weighted by Crippen LogP contribution is 2.07. The van der Waals surface area contributed by atoms with Crippen LogP contribution >= 0.6 is 0 Å². The van der Waals surface area contributed by atoms with Crippen LogP contribution in [0.2, 0.25) is 0 Å². The molecule has 0 aliphatic rings. The number of carboxylic acid groups (broad SMARTS) is 2. The van der Waals surface area contributed by atoms with E-state index >= 15 is 0 Å². The molecule has 14 heavy (non-hydrogen) atoms. The maximum atomic E-state index is 10.5. The molecule has 0 heterocycles. The van der Waals surface area contributed by atoms with Crippen LogP contribution < -0.4 is 0 Å². The van der Waals surface area contributed by atoms with Gasteiger partial charge in [0.2, 0.25) is 0 Å². The fourth-order valence-electron chi connectivity index (χ4n) is 0.987. The molecule has 0 saturated heterocycles. The lowest BCUT2D eigenvalue weighted by molar-refractivity contribution is -0.153. The number of ether oxygens (including phenoxy) is 2. The molecule has 2 atom stereocenters. The Morgan fingerprint density at radius 2 is 1.29 bits per heavy atom. The van der Waals surface area contributed by atoms with E-state index in [0.29, 0.717) is 0 Å². The summed E-state index contributed by atoms with van der Waals surface area (Å²) in [7, 11) is 2.53. The molecule has 6 heteroatoms. The Labute approximate surface area is 81.4 Å². The summed E-state index contributed by atoms with van der Waals surface area (Å²) >= 11 is 0. The maximum Gasteiger partial charge on any atom is 0.332 e. The lowest BCUT2D eigenvalue weighted by Crippen LogP contribution is -2.28. The van der Waals surface area contributed by atoms with Crippen LogP contribution in [0.5, 0.6) is 0 Å². The average Bonchev–Trinajstić information content (AvgIpc) is 2.11. The zero-order valence-corrected chi connectivity index (χ0v) is 8.10. The van der Waals surface area contributed by atoms with Gasteiger partial charge in [-0.1, -0.05) is 0 Å². The van der Waals surface area contributed by atoms with Crippen molar-refractivity contribution in [2.24, 2.45) is 0 Å². The van der Waals surface area contributed by atoms with Crippen molar-refractivity contribution in [1.82, 2.24) is 0 Å². The van der Waals surface area contributed by atoms with Gasteiger partial charge in [0.15, 0.2) is 12.2 Å². The number of hydrogen-bond donors (Lipinski definition) is 2. The Morgan fingerprint density at radius 1 is 1.00 bits per heavy atom. The lowest BCUT2D eigenvalue weighted by atomic mass is 10.1. The van der Waals surface area contributed by atoms with Gasteiger partial charge in [0.05, 0.1) is 0 Å². The van der Waals surface area contributed by atoms with Gasteiger partial charge in [-0.25, -0.2) is 9.59 Å². The predicted octanol–water partition coefficient (Wildman–Crippen LogP) is -0.0342. The van der Waals surface area contributed by atoms with Gasteiger partial charge in [-0.3, -0.25) is 0 Å². The monoisotopic (exact) mass is 206 g/mol. The Kier molecular flexibility index (Phi) is 5.82. The number of carbonyl (C=O) groups is 2. The van der Waals surface area contributed by atoms with E-state index in [0.717, 1.165) is 0 Å². The molecule has 0 amide bonds. The summed E-state index contributed by atoms with van der Waals surface area (Å²) in [6.07, 6.45) is -1.74. The van der Waals surface area contributed by atoms with Gasteiger partial charge in [0, 0.05) is 14.2 Å². The zero-order chi connectivity index (χ0) is 11.1. The first-order valence-electron chi connectivity index (χ1n) is 4.04. The number of carboxylic acids is 2. The highest BCUT2D eigenvalue weighted by molar-refractivity contribution is 5.73. The smallest absolute Gasteiger partial charge is 0.332 e. The average molecular weight is 206 g/mol. The van der Waals surface area contributed by atoms with Crippen molar-refractivity contribution in [2.45, 2.75) is 25.0 Å². The van der Waals surface area contributed by atoms with Crippen LogP contribution in [0, 0.1) is 0 Å². The molecule has 82 valence electrons. The van der Waals surface area contributed by atoms with E-state index in [9.17, 15) is 9.59 Å². The van der Waals surface area contributed by atoms with Crippen LogP contribution in [0.25, 0.3) is 0 Å². The Bertz CT molecular complexity index is 180. The second kappa shape index (κ2) is 6.33. The van der Waals surface area contributed by atoms with Crippen molar-refractivity contribution >= 4 is 11.9 Å². The SMILES string of the molecule is CO[C@@H](CC[C@@H](OC)C(=O)O)C(=O)O. The molecule has 0 aromatic carbocycles. The molecule has 0 aliphatic carbocycles. The maximum absolute atomic E-state index is 10.5. The third kappa shape index (κ3) is 4.20. The van der Waals surface area contributed by atoms with Crippen molar-refractivity contribution in [3.8, 4) is 0 Å². The van der Waals surface area contributed by atoms with Crippen molar-refractivity contribution in [1.29, 1.82) is 0 Å². The van der Waals surface area contributed by atoms with Crippen LogP contribution in [-0.4, -0.2) is 48.6 Å². The van der Waals surface area contributed by atoms with E-state index in [-0.39, 0.29) is 12.8 Å². The fourth-order valence-corrected chi connectivity index (χ4v) is 0.987. The van der Waals surface area contributed by atoms with E-state index < -0.39 is 24.1 Å². The summed E-state index contributed by atoms with van der Waals surface area (Å²) in [4.78, 5) is 21.0. The molecule has 0 aromatic heterocycles.